The molecule has 0 saturated heterocycles. The highest BCUT2D eigenvalue weighted by atomic mass is 79.9. The van der Waals surface area contributed by atoms with E-state index in [1.807, 2.05) is 0 Å². The fourth-order valence-electron chi connectivity index (χ4n) is 3.39. The van der Waals surface area contributed by atoms with Crippen LogP contribution in [0.15, 0.2) is 12.1 Å². The Balaban J connectivity index is 2.52. The van der Waals surface area contributed by atoms with Crippen LogP contribution in [-0.4, -0.2) is 12.6 Å². The monoisotopic (exact) mass is 367 g/mol. The summed E-state index contributed by atoms with van der Waals surface area (Å²) in [6.45, 7) is 17.8. The van der Waals surface area contributed by atoms with Crippen LogP contribution in [0.4, 0.5) is 0 Å². The highest BCUT2D eigenvalue weighted by Crippen LogP contribution is 2.17. The van der Waals surface area contributed by atoms with Gasteiger partial charge in [0.25, 0.3) is 0 Å². The highest BCUT2D eigenvalue weighted by molar-refractivity contribution is 9.26. The average Bonchev–Trinajstić information content (AvgIpc) is 2.48. The van der Waals surface area contributed by atoms with Crippen LogP contribution in [-0.2, 0) is 0 Å². The molecule has 0 amide bonds. The van der Waals surface area contributed by atoms with Crippen LogP contribution < -0.4 is 10.9 Å². The SMILES string of the molecule is Cc1cc(C)c(C)c([B]B(Br)c2c(C)c(C)cc(C)c2C)c1C. The maximum atomic E-state index is 3.95. The lowest BCUT2D eigenvalue weighted by Crippen LogP contribution is -2.43. The zero-order chi connectivity index (χ0) is 17.5. The third kappa shape index (κ3) is 3.45. The number of aryl methyl sites for hydroxylation is 4. The Kier molecular flexibility index (Phi) is 5.51. The fraction of sp³-hybridized carbons (Fsp3) is 0.400. The van der Waals surface area contributed by atoms with E-state index in [4.69, 9.17) is 0 Å². The molecule has 0 bridgehead atoms. The summed E-state index contributed by atoms with van der Waals surface area (Å²) in [5, 5.41) is 0. The van der Waals surface area contributed by atoms with Gasteiger partial charge in [0.1, 0.15) is 7.17 Å². The van der Waals surface area contributed by atoms with E-state index in [0.717, 1.165) is 0 Å². The third-order valence-corrected chi connectivity index (χ3v) is 6.16. The topological polar surface area (TPSA) is 0 Å². The van der Waals surface area contributed by atoms with Crippen molar-refractivity contribution in [2.45, 2.75) is 55.4 Å². The molecule has 0 nitrogen and oxygen atoms in total. The summed E-state index contributed by atoms with van der Waals surface area (Å²) in [5.74, 6) is 0. The first-order chi connectivity index (χ1) is 10.6. The van der Waals surface area contributed by atoms with E-state index in [0.29, 0.717) is 0 Å². The predicted octanol–water partition coefficient (Wildman–Crippen LogP) is 4.27. The number of rotatable bonds is 3. The molecule has 0 saturated carbocycles. The molecule has 0 fully saturated rings. The smallest absolute Gasteiger partial charge is 0.160 e. The van der Waals surface area contributed by atoms with Crippen LogP contribution in [0.5, 0.6) is 0 Å². The third-order valence-electron chi connectivity index (χ3n) is 5.44. The minimum absolute atomic E-state index is 0.236. The summed E-state index contributed by atoms with van der Waals surface area (Å²) in [5.41, 5.74) is 14.1. The Hall–Kier alpha value is -0.950. The van der Waals surface area contributed by atoms with Gasteiger partial charge in [-0.2, -0.15) is 15.8 Å². The molecular formula is C20H26B2Br. The standard InChI is InChI=1S/C20H26B2Br/c1-11-9-12(2)16(6)19(15(11)5)21-22(23)20-17(7)13(3)10-14(4)18(20)8/h9-10H,1-8H3. The Labute approximate surface area is 151 Å². The first-order valence-electron chi connectivity index (χ1n) is 8.28. The molecular weight excluding hydrogens is 342 g/mol. The van der Waals surface area contributed by atoms with Gasteiger partial charge in [0.05, 0.1) is 0 Å². The molecule has 0 aliphatic carbocycles. The quantitative estimate of drug-likeness (QED) is 0.710. The van der Waals surface area contributed by atoms with Crippen molar-refractivity contribution in [1.29, 1.82) is 0 Å². The maximum Gasteiger partial charge on any atom is 0.221 e. The molecule has 0 aliphatic heterocycles. The molecule has 0 N–H and O–H groups in total. The van der Waals surface area contributed by atoms with Crippen molar-refractivity contribution in [3.63, 3.8) is 0 Å². The van der Waals surface area contributed by atoms with Gasteiger partial charge in [-0.1, -0.05) is 45.3 Å². The molecule has 0 aliphatic rings. The molecule has 3 heteroatoms. The van der Waals surface area contributed by atoms with Crippen molar-refractivity contribution in [3.8, 4) is 0 Å². The molecule has 0 spiro atoms. The summed E-state index contributed by atoms with van der Waals surface area (Å²) in [7, 11) is 2.39. The molecule has 0 aromatic heterocycles. The lowest BCUT2D eigenvalue weighted by molar-refractivity contribution is 1.27. The normalized spacial score (nSPS) is 10.8. The number of hydrogen-bond acceptors (Lipinski definition) is 0. The lowest BCUT2D eigenvalue weighted by atomic mass is 9.31. The summed E-state index contributed by atoms with van der Waals surface area (Å²) in [6.07, 6.45) is 0. The van der Waals surface area contributed by atoms with Crippen LogP contribution >= 0.6 is 15.8 Å². The highest BCUT2D eigenvalue weighted by Gasteiger charge is 2.23. The van der Waals surface area contributed by atoms with Gasteiger partial charge in [0, 0.05) is 0 Å². The second kappa shape index (κ2) is 6.89. The number of halogens is 1. The van der Waals surface area contributed by atoms with Crippen molar-refractivity contribution in [3.05, 3.63) is 56.6 Å². The van der Waals surface area contributed by atoms with Gasteiger partial charge >= 0.3 is 0 Å². The fourth-order valence-corrected chi connectivity index (χ4v) is 4.34. The van der Waals surface area contributed by atoms with Crippen LogP contribution in [0.25, 0.3) is 0 Å². The molecule has 0 unspecified atom stereocenters. The molecule has 23 heavy (non-hydrogen) atoms. The Bertz CT molecular complexity index is 711. The number of hydrogen-bond donors (Lipinski definition) is 0. The first-order valence-corrected chi connectivity index (χ1v) is 9.20. The Morgan fingerprint density at radius 1 is 0.652 bits per heavy atom. The minimum Gasteiger partial charge on any atom is -0.160 e. The van der Waals surface area contributed by atoms with Crippen LogP contribution in [0.1, 0.15) is 44.5 Å². The molecule has 0 atom stereocenters. The van der Waals surface area contributed by atoms with E-state index in [9.17, 15) is 0 Å². The average molecular weight is 368 g/mol. The van der Waals surface area contributed by atoms with E-state index in [-0.39, 0.29) is 5.43 Å². The van der Waals surface area contributed by atoms with E-state index in [1.165, 1.54) is 55.4 Å². The Morgan fingerprint density at radius 2 is 1.00 bits per heavy atom. The molecule has 2 rings (SSSR count). The van der Waals surface area contributed by atoms with Gasteiger partial charge in [0.2, 0.25) is 5.43 Å². The van der Waals surface area contributed by atoms with Crippen molar-refractivity contribution in [2.75, 3.05) is 0 Å². The van der Waals surface area contributed by atoms with E-state index < -0.39 is 0 Å². The van der Waals surface area contributed by atoms with E-state index in [2.05, 4.69) is 90.4 Å². The molecule has 1 radical (unpaired) electrons. The predicted molar refractivity (Wildman–Crippen MR) is 110 cm³/mol. The zero-order valence-corrected chi connectivity index (χ0v) is 17.3. The first kappa shape index (κ1) is 18.4. The van der Waals surface area contributed by atoms with E-state index in [1.54, 1.807) is 0 Å². The van der Waals surface area contributed by atoms with Gasteiger partial charge in [-0.15, -0.1) is 0 Å². The molecule has 0 heterocycles. The maximum absolute atomic E-state index is 3.95. The van der Waals surface area contributed by atoms with Crippen molar-refractivity contribution in [1.82, 2.24) is 0 Å². The number of benzene rings is 2. The van der Waals surface area contributed by atoms with Gasteiger partial charge in [-0.3, -0.25) is 0 Å². The van der Waals surface area contributed by atoms with Crippen molar-refractivity contribution >= 4 is 39.3 Å². The minimum atomic E-state index is 0.236. The second-order valence-corrected chi connectivity index (χ2v) is 7.90. The van der Waals surface area contributed by atoms with Crippen LogP contribution in [0, 0.1) is 55.4 Å². The second-order valence-electron chi connectivity index (χ2n) is 6.92. The van der Waals surface area contributed by atoms with Crippen molar-refractivity contribution in [2.24, 2.45) is 0 Å². The largest absolute Gasteiger partial charge is 0.221 e. The summed E-state index contributed by atoms with van der Waals surface area (Å²) in [6, 6.07) is 4.58. The van der Waals surface area contributed by atoms with Crippen LogP contribution in [0.3, 0.4) is 0 Å². The molecule has 2 aromatic carbocycles. The van der Waals surface area contributed by atoms with E-state index >= 15 is 0 Å². The zero-order valence-electron chi connectivity index (χ0n) is 15.7. The molecule has 119 valence electrons. The van der Waals surface area contributed by atoms with Gasteiger partial charge in [-0.05, 0) is 77.6 Å². The summed E-state index contributed by atoms with van der Waals surface area (Å²) in [4.78, 5) is 0. The summed E-state index contributed by atoms with van der Waals surface area (Å²) >= 11 is 3.95. The lowest BCUT2D eigenvalue weighted by Gasteiger charge is -2.21. The van der Waals surface area contributed by atoms with Crippen LogP contribution in [0.2, 0.25) is 0 Å². The summed E-state index contributed by atoms with van der Waals surface area (Å²) < 4.78 is 0. The van der Waals surface area contributed by atoms with Gasteiger partial charge in [0.15, 0.2) is 0 Å². The van der Waals surface area contributed by atoms with Crippen molar-refractivity contribution < 1.29 is 0 Å². The van der Waals surface area contributed by atoms with Gasteiger partial charge in [-0.25, -0.2) is 0 Å². The molecule has 2 aromatic rings. The Morgan fingerprint density at radius 3 is 1.39 bits per heavy atom. The van der Waals surface area contributed by atoms with Gasteiger partial charge < -0.3 is 0 Å².